The second-order valence-corrected chi connectivity index (χ2v) is 1.92. The van der Waals surface area contributed by atoms with Gasteiger partial charge in [0.25, 0.3) is 0 Å². The summed E-state index contributed by atoms with van der Waals surface area (Å²) in [4.78, 5) is 0. The molecule has 2 radical (unpaired) electrons. The molecule has 0 unspecified atom stereocenters. The highest BCUT2D eigenvalue weighted by atomic mass is 19.3. The molecule has 0 aliphatic rings. The monoisotopic (exact) mass is 156 g/mol. The summed E-state index contributed by atoms with van der Waals surface area (Å²) in [6, 6.07) is 0. The van der Waals surface area contributed by atoms with E-state index in [-0.39, 0.29) is 12.8 Å². The van der Waals surface area contributed by atoms with Gasteiger partial charge in [0.05, 0.1) is 0 Å². The molecular formula is C6H8F4. The van der Waals surface area contributed by atoms with Crippen molar-refractivity contribution in [2.75, 3.05) is 0 Å². The Kier molecular flexibility index (Phi) is 3.68. The first-order valence-corrected chi connectivity index (χ1v) is 2.86. The van der Waals surface area contributed by atoms with Crippen molar-refractivity contribution in [1.29, 1.82) is 0 Å². The molecule has 0 aromatic rings. The van der Waals surface area contributed by atoms with Crippen molar-refractivity contribution in [2.24, 2.45) is 0 Å². The maximum atomic E-state index is 11.9. The van der Waals surface area contributed by atoms with E-state index in [1.807, 2.05) is 0 Å². The molecule has 0 fully saturated rings. The Morgan fingerprint density at radius 2 is 1.80 bits per heavy atom. The summed E-state index contributed by atoms with van der Waals surface area (Å²) < 4.78 is 46.4. The molecule has 0 atom stereocenters. The summed E-state index contributed by atoms with van der Waals surface area (Å²) in [6.45, 7) is 3.26. The van der Waals surface area contributed by atoms with Gasteiger partial charge < -0.3 is 0 Å². The molecule has 10 heavy (non-hydrogen) atoms. The number of halogens is 4. The third-order valence-electron chi connectivity index (χ3n) is 1.02. The zero-order chi connectivity index (χ0) is 8.20. The molecule has 0 spiro atoms. The van der Waals surface area contributed by atoms with Crippen LogP contribution in [0.15, 0.2) is 0 Å². The van der Waals surface area contributed by atoms with Crippen LogP contribution in [0.25, 0.3) is 0 Å². The zero-order valence-corrected chi connectivity index (χ0v) is 5.34. The van der Waals surface area contributed by atoms with E-state index in [1.165, 1.54) is 0 Å². The number of unbranched alkanes of at least 4 members (excludes halogenated alkanes) is 1. The lowest BCUT2D eigenvalue weighted by Crippen LogP contribution is -2.19. The molecule has 0 nitrogen and oxygen atoms in total. The van der Waals surface area contributed by atoms with Gasteiger partial charge in [-0.2, -0.15) is 17.6 Å². The van der Waals surface area contributed by atoms with Crippen LogP contribution in [0.4, 0.5) is 17.6 Å². The van der Waals surface area contributed by atoms with Crippen molar-refractivity contribution in [2.45, 2.75) is 25.2 Å². The van der Waals surface area contributed by atoms with Crippen LogP contribution < -0.4 is 0 Å². The first-order chi connectivity index (χ1) is 4.50. The lowest BCUT2D eigenvalue weighted by atomic mass is 10.1. The predicted octanol–water partition coefficient (Wildman–Crippen LogP) is 3.05. The molecule has 60 valence electrons. The van der Waals surface area contributed by atoms with Gasteiger partial charge in [-0.05, 0) is 6.42 Å². The quantitative estimate of drug-likeness (QED) is 0.549. The van der Waals surface area contributed by atoms with Gasteiger partial charge in [-0.15, -0.1) is 0 Å². The van der Waals surface area contributed by atoms with Crippen LogP contribution in [0.3, 0.4) is 0 Å². The Balaban J connectivity index is 3.63. The van der Waals surface area contributed by atoms with Crippen molar-refractivity contribution >= 4 is 0 Å². The molecule has 0 saturated heterocycles. The van der Waals surface area contributed by atoms with Crippen molar-refractivity contribution in [3.05, 3.63) is 13.3 Å². The summed E-state index contributed by atoms with van der Waals surface area (Å²) >= 11 is 0. The third kappa shape index (κ3) is 3.03. The Morgan fingerprint density at radius 3 is 2.10 bits per heavy atom. The van der Waals surface area contributed by atoms with Gasteiger partial charge in [0.2, 0.25) is 0 Å². The Labute approximate surface area is 57.2 Å². The van der Waals surface area contributed by atoms with Crippen LogP contribution in [-0.4, -0.2) is 5.92 Å². The van der Waals surface area contributed by atoms with Gasteiger partial charge in [-0.25, -0.2) is 0 Å². The number of hydrogen-bond donors (Lipinski definition) is 0. The van der Waals surface area contributed by atoms with Gasteiger partial charge in [0.1, 0.15) is 0 Å². The maximum absolute atomic E-state index is 11.9. The molecule has 0 aliphatic carbocycles. The standard InChI is InChI=1S/C6H8F4/c1-2-3-4-6(9,10)5(7)8/h1-4H2. The third-order valence-corrected chi connectivity index (χ3v) is 1.02. The maximum Gasteiger partial charge on any atom is 0.378 e. The van der Waals surface area contributed by atoms with E-state index in [0.717, 1.165) is 0 Å². The Hall–Kier alpha value is -0.280. The molecular weight excluding hydrogens is 148 g/mol. The second-order valence-electron chi connectivity index (χ2n) is 1.92. The van der Waals surface area contributed by atoms with E-state index < -0.39 is 18.8 Å². The smallest absolute Gasteiger partial charge is 0.200 e. The number of alkyl halides is 2. The van der Waals surface area contributed by atoms with Crippen molar-refractivity contribution in [3.63, 3.8) is 0 Å². The highest BCUT2D eigenvalue weighted by Crippen LogP contribution is 2.33. The largest absolute Gasteiger partial charge is 0.378 e. The topological polar surface area (TPSA) is 0 Å². The number of rotatable bonds is 4. The number of hydrogen-bond acceptors (Lipinski definition) is 0. The second kappa shape index (κ2) is 3.78. The summed E-state index contributed by atoms with van der Waals surface area (Å²) in [5, 5.41) is 0. The van der Waals surface area contributed by atoms with Crippen LogP contribution in [0.5, 0.6) is 0 Å². The van der Waals surface area contributed by atoms with E-state index in [9.17, 15) is 17.6 Å². The zero-order valence-electron chi connectivity index (χ0n) is 5.34. The molecule has 0 aromatic carbocycles. The lowest BCUT2D eigenvalue weighted by Gasteiger charge is -2.11. The fourth-order valence-corrected chi connectivity index (χ4v) is 0.442. The lowest BCUT2D eigenvalue weighted by molar-refractivity contribution is -0.0666. The summed E-state index contributed by atoms with van der Waals surface area (Å²) in [7, 11) is 0. The highest BCUT2D eigenvalue weighted by Gasteiger charge is 2.41. The van der Waals surface area contributed by atoms with Crippen LogP contribution in [0.1, 0.15) is 19.3 Å². The van der Waals surface area contributed by atoms with Crippen molar-refractivity contribution < 1.29 is 17.6 Å². The van der Waals surface area contributed by atoms with Gasteiger partial charge in [-0.1, -0.05) is 13.3 Å². The first kappa shape index (κ1) is 9.72. The first-order valence-electron chi connectivity index (χ1n) is 2.86. The average Bonchev–Trinajstić information content (AvgIpc) is 1.84. The molecule has 0 amide bonds. The summed E-state index contributed by atoms with van der Waals surface area (Å²) in [5.41, 5.74) is 0. The van der Waals surface area contributed by atoms with E-state index in [0.29, 0.717) is 0 Å². The Morgan fingerprint density at radius 1 is 1.30 bits per heavy atom. The minimum Gasteiger partial charge on any atom is -0.200 e. The van der Waals surface area contributed by atoms with E-state index >= 15 is 0 Å². The molecule has 0 saturated carbocycles. The minimum absolute atomic E-state index is 0.0182. The Bertz CT molecular complexity index is 89.7. The van der Waals surface area contributed by atoms with E-state index in [2.05, 4.69) is 6.92 Å². The molecule has 0 rings (SSSR count). The fourth-order valence-electron chi connectivity index (χ4n) is 0.442. The summed E-state index contributed by atoms with van der Waals surface area (Å²) in [5.74, 6) is -3.91. The molecule has 0 bridgehead atoms. The highest BCUT2D eigenvalue weighted by molar-refractivity contribution is 4.82. The normalized spacial score (nSPS) is 12.6. The van der Waals surface area contributed by atoms with Gasteiger partial charge in [0.15, 0.2) is 0 Å². The molecule has 0 aromatic heterocycles. The van der Waals surface area contributed by atoms with Gasteiger partial charge in [0, 0.05) is 6.42 Å². The average molecular weight is 156 g/mol. The van der Waals surface area contributed by atoms with Crippen LogP contribution in [0, 0.1) is 13.3 Å². The van der Waals surface area contributed by atoms with Crippen molar-refractivity contribution in [3.8, 4) is 0 Å². The van der Waals surface area contributed by atoms with Crippen molar-refractivity contribution in [1.82, 2.24) is 0 Å². The van der Waals surface area contributed by atoms with Crippen LogP contribution >= 0.6 is 0 Å². The van der Waals surface area contributed by atoms with E-state index in [4.69, 9.17) is 0 Å². The molecule has 0 N–H and O–H groups in total. The van der Waals surface area contributed by atoms with Gasteiger partial charge >= 0.3 is 12.3 Å². The minimum atomic E-state index is -3.91. The molecule has 4 heteroatoms. The van der Waals surface area contributed by atoms with Crippen LogP contribution in [-0.2, 0) is 0 Å². The molecule has 0 aliphatic heterocycles. The fraction of sp³-hybridized carbons (Fsp3) is 0.667. The van der Waals surface area contributed by atoms with E-state index in [1.54, 1.807) is 0 Å². The van der Waals surface area contributed by atoms with Crippen LogP contribution in [0.2, 0.25) is 0 Å². The summed E-state index contributed by atoms with van der Waals surface area (Å²) in [6.07, 6.45) is -3.34. The SMILES string of the molecule is [CH2]CCCC(F)(F)[C](F)F. The predicted molar refractivity (Wildman–Crippen MR) is 29.6 cm³/mol. The van der Waals surface area contributed by atoms with Gasteiger partial charge in [-0.3, -0.25) is 0 Å². The molecule has 0 heterocycles.